The minimum absolute atomic E-state index is 0.328. The fourth-order valence-corrected chi connectivity index (χ4v) is 3.62. The molecule has 0 aliphatic rings. The summed E-state index contributed by atoms with van der Waals surface area (Å²) < 4.78 is 0. The van der Waals surface area contributed by atoms with Crippen molar-refractivity contribution in [3.05, 3.63) is 59.9 Å². The Morgan fingerprint density at radius 3 is 2.09 bits per heavy atom. The van der Waals surface area contributed by atoms with E-state index in [0.29, 0.717) is 12.1 Å². The van der Waals surface area contributed by atoms with E-state index >= 15 is 0 Å². The van der Waals surface area contributed by atoms with Gasteiger partial charge in [-0.1, -0.05) is 63.9 Å². The first kappa shape index (κ1) is 17.8. The number of nitrogens with zero attached hydrogens (tertiary/aromatic N) is 1. The maximum Gasteiger partial charge on any atom is 0.0756 e. The average Bonchev–Trinajstić information content (AvgIpc) is 3.09. The van der Waals surface area contributed by atoms with Crippen LogP contribution in [0.4, 0.5) is 0 Å². The number of nitrogens with one attached hydrogen (secondary N) is 1. The second-order valence-corrected chi connectivity index (χ2v) is 6.41. The Bertz CT molecular complexity index is 512. The molecule has 0 saturated heterocycles. The molecule has 1 unspecified atom stereocenters. The number of rotatable bonds is 10. The van der Waals surface area contributed by atoms with E-state index in [9.17, 15) is 0 Å². The molecule has 126 valence electrons. The second-order valence-electron chi connectivity index (χ2n) is 6.41. The Morgan fingerprint density at radius 2 is 1.57 bits per heavy atom. The molecule has 1 heterocycles. The first-order valence-electron chi connectivity index (χ1n) is 9.25. The van der Waals surface area contributed by atoms with Crippen molar-refractivity contribution < 1.29 is 0 Å². The summed E-state index contributed by atoms with van der Waals surface area (Å²) in [5, 5.41) is 0. The fourth-order valence-electron chi connectivity index (χ4n) is 3.62. The van der Waals surface area contributed by atoms with Crippen LogP contribution in [0.5, 0.6) is 0 Å². The van der Waals surface area contributed by atoms with Gasteiger partial charge in [0, 0.05) is 17.9 Å². The Kier molecular flexibility index (Phi) is 7.41. The molecular formula is C21H32N2. The number of hydrogen-bond donors (Lipinski definition) is 1. The van der Waals surface area contributed by atoms with Crippen LogP contribution in [0, 0.1) is 0 Å². The zero-order chi connectivity index (χ0) is 16.5. The number of H-pyrrole nitrogens is 1. The molecule has 2 nitrogen and oxygen atoms in total. The van der Waals surface area contributed by atoms with Gasteiger partial charge in [0.15, 0.2) is 0 Å². The van der Waals surface area contributed by atoms with Crippen molar-refractivity contribution >= 4 is 0 Å². The highest BCUT2D eigenvalue weighted by molar-refractivity contribution is 5.28. The van der Waals surface area contributed by atoms with E-state index in [1.54, 1.807) is 0 Å². The van der Waals surface area contributed by atoms with Crippen molar-refractivity contribution in [1.29, 1.82) is 0 Å². The number of aromatic amines is 1. The Morgan fingerprint density at radius 1 is 0.870 bits per heavy atom. The number of hydrogen-bond acceptors (Lipinski definition) is 1. The molecule has 23 heavy (non-hydrogen) atoms. The predicted octanol–water partition coefficient (Wildman–Crippen LogP) is 5.78. The summed E-state index contributed by atoms with van der Waals surface area (Å²) in [5.41, 5.74) is 2.70. The van der Waals surface area contributed by atoms with Crippen molar-refractivity contribution in [2.75, 3.05) is 6.54 Å². The lowest BCUT2D eigenvalue weighted by atomic mass is 9.96. The van der Waals surface area contributed by atoms with Crippen LogP contribution in [0.25, 0.3) is 0 Å². The van der Waals surface area contributed by atoms with Crippen molar-refractivity contribution in [3.8, 4) is 0 Å². The molecule has 1 aromatic carbocycles. The van der Waals surface area contributed by atoms with Gasteiger partial charge < -0.3 is 4.98 Å². The van der Waals surface area contributed by atoms with Crippen LogP contribution in [0.1, 0.15) is 70.2 Å². The van der Waals surface area contributed by atoms with Gasteiger partial charge in [-0.15, -0.1) is 0 Å². The maximum absolute atomic E-state index is 3.47. The van der Waals surface area contributed by atoms with Gasteiger partial charge in [-0.25, -0.2) is 0 Å². The average molecular weight is 313 g/mol. The highest BCUT2D eigenvalue weighted by Crippen LogP contribution is 2.32. The fraction of sp³-hybridized carbons (Fsp3) is 0.524. The minimum atomic E-state index is 0.328. The molecule has 0 saturated carbocycles. The molecule has 0 aliphatic carbocycles. The topological polar surface area (TPSA) is 19.0 Å². The molecule has 0 aliphatic heterocycles. The van der Waals surface area contributed by atoms with Crippen LogP contribution in [0.2, 0.25) is 0 Å². The van der Waals surface area contributed by atoms with Gasteiger partial charge in [0.05, 0.1) is 6.04 Å². The lowest BCUT2D eigenvalue weighted by molar-refractivity contribution is 0.135. The number of benzene rings is 1. The zero-order valence-corrected chi connectivity index (χ0v) is 15.0. The van der Waals surface area contributed by atoms with Crippen LogP contribution >= 0.6 is 0 Å². The first-order valence-corrected chi connectivity index (χ1v) is 9.25. The second kappa shape index (κ2) is 9.57. The molecule has 0 bridgehead atoms. The minimum Gasteiger partial charge on any atom is -0.363 e. The van der Waals surface area contributed by atoms with Crippen LogP contribution in [0.3, 0.4) is 0 Å². The summed E-state index contributed by atoms with van der Waals surface area (Å²) in [6.45, 7) is 8.04. The van der Waals surface area contributed by atoms with Gasteiger partial charge in [-0.05, 0) is 43.5 Å². The Hall–Kier alpha value is -1.54. The van der Waals surface area contributed by atoms with Crippen LogP contribution in [0.15, 0.2) is 48.7 Å². The standard InChI is InChI=1S/C21H32N2/c1-4-11-19(12-5-2)23(17-6-3)21(20-15-10-16-22-20)18-13-8-7-9-14-18/h7-10,13-16,19,21-22H,4-6,11-12,17H2,1-3H3. The third-order valence-electron chi connectivity index (χ3n) is 4.56. The molecular weight excluding hydrogens is 280 g/mol. The zero-order valence-electron chi connectivity index (χ0n) is 15.0. The highest BCUT2D eigenvalue weighted by Gasteiger charge is 2.27. The predicted molar refractivity (Wildman–Crippen MR) is 99.7 cm³/mol. The van der Waals surface area contributed by atoms with E-state index in [2.05, 4.69) is 73.1 Å². The normalized spacial score (nSPS) is 12.9. The Labute approximate surface area is 141 Å². The van der Waals surface area contributed by atoms with Gasteiger partial charge in [0.1, 0.15) is 0 Å². The summed E-state index contributed by atoms with van der Waals surface area (Å²) in [6, 6.07) is 16.3. The molecule has 1 N–H and O–H groups in total. The first-order chi connectivity index (χ1) is 11.3. The molecule has 0 spiro atoms. The van der Waals surface area contributed by atoms with Gasteiger partial charge in [-0.3, -0.25) is 4.90 Å². The lowest BCUT2D eigenvalue weighted by Crippen LogP contribution is -2.39. The van der Waals surface area contributed by atoms with Crippen LogP contribution < -0.4 is 0 Å². The summed E-state index contributed by atoms with van der Waals surface area (Å²) in [5.74, 6) is 0. The third kappa shape index (κ3) is 4.71. The maximum atomic E-state index is 3.47. The van der Waals surface area contributed by atoms with Gasteiger partial charge in [0.25, 0.3) is 0 Å². The van der Waals surface area contributed by atoms with E-state index in [4.69, 9.17) is 0 Å². The van der Waals surface area contributed by atoms with Crippen molar-refractivity contribution in [1.82, 2.24) is 9.88 Å². The van der Waals surface area contributed by atoms with E-state index < -0.39 is 0 Å². The Balaban J connectivity index is 2.39. The van der Waals surface area contributed by atoms with Gasteiger partial charge in [-0.2, -0.15) is 0 Å². The van der Waals surface area contributed by atoms with E-state index in [-0.39, 0.29) is 0 Å². The lowest BCUT2D eigenvalue weighted by Gasteiger charge is -2.38. The van der Waals surface area contributed by atoms with E-state index in [1.165, 1.54) is 43.4 Å². The molecule has 0 amide bonds. The van der Waals surface area contributed by atoms with Crippen molar-refractivity contribution in [3.63, 3.8) is 0 Å². The molecule has 1 aromatic heterocycles. The van der Waals surface area contributed by atoms with Crippen molar-refractivity contribution in [2.45, 2.75) is 65.0 Å². The highest BCUT2D eigenvalue weighted by atomic mass is 15.2. The summed E-state index contributed by atoms with van der Waals surface area (Å²) >= 11 is 0. The third-order valence-corrected chi connectivity index (χ3v) is 4.56. The van der Waals surface area contributed by atoms with Crippen LogP contribution in [-0.4, -0.2) is 22.5 Å². The van der Waals surface area contributed by atoms with Gasteiger partial charge >= 0.3 is 0 Å². The van der Waals surface area contributed by atoms with Crippen LogP contribution in [-0.2, 0) is 0 Å². The summed E-state index contributed by atoms with van der Waals surface area (Å²) in [6.07, 6.45) is 8.28. The number of aromatic nitrogens is 1. The van der Waals surface area contributed by atoms with Gasteiger partial charge in [0.2, 0.25) is 0 Å². The molecule has 0 radical (unpaired) electrons. The molecule has 0 fully saturated rings. The molecule has 1 atom stereocenters. The monoisotopic (exact) mass is 312 g/mol. The SMILES string of the molecule is CCCC(CCC)N(CCC)C(c1ccccc1)c1ccc[nH]1. The molecule has 2 rings (SSSR count). The smallest absolute Gasteiger partial charge is 0.0756 e. The van der Waals surface area contributed by atoms with Crippen molar-refractivity contribution in [2.24, 2.45) is 0 Å². The molecule has 2 aromatic rings. The molecule has 2 heteroatoms. The largest absolute Gasteiger partial charge is 0.363 e. The quantitative estimate of drug-likeness (QED) is 0.588. The summed E-state index contributed by atoms with van der Waals surface area (Å²) in [4.78, 5) is 6.20. The van der Waals surface area contributed by atoms with E-state index in [1.807, 2.05) is 6.20 Å². The van der Waals surface area contributed by atoms with E-state index in [0.717, 1.165) is 6.54 Å². The summed E-state index contributed by atoms with van der Waals surface area (Å²) in [7, 11) is 0.